The van der Waals surface area contributed by atoms with Crippen molar-refractivity contribution in [2.75, 3.05) is 6.54 Å². The first kappa shape index (κ1) is 19.2. The second-order valence-corrected chi connectivity index (χ2v) is 6.18. The molecule has 0 spiro atoms. The summed E-state index contributed by atoms with van der Waals surface area (Å²) in [6.07, 6.45) is 16.8. The molecule has 1 unspecified atom stereocenters. The lowest BCUT2D eigenvalue weighted by Gasteiger charge is -2.05. The minimum atomic E-state index is 0.669. The second-order valence-electron chi connectivity index (χ2n) is 6.18. The van der Waals surface area contributed by atoms with Gasteiger partial charge in [0.05, 0.1) is 0 Å². The van der Waals surface area contributed by atoms with Gasteiger partial charge in [0, 0.05) is 0 Å². The van der Waals surface area contributed by atoms with Crippen molar-refractivity contribution >= 4 is 0 Å². The average molecular weight is 277 g/mol. The summed E-state index contributed by atoms with van der Waals surface area (Å²) in [6, 6.07) is 0. The summed E-state index contributed by atoms with van der Waals surface area (Å²) in [5.74, 6) is 0.669. The van der Waals surface area contributed by atoms with Crippen LogP contribution in [-0.4, -0.2) is 6.54 Å². The van der Waals surface area contributed by atoms with E-state index >= 15 is 0 Å². The molecule has 0 aromatic rings. The van der Waals surface area contributed by atoms with E-state index in [0.29, 0.717) is 5.92 Å². The predicted octanol–water partition coefficient (Wildman–Crippen LogP) is 5.78. The van der Waals surface area contributed by atoms with Crippen LogP contribution in [0.4, 0.5) is 0 Å². The minimum absolute atomic E-state index is 0.669. The van der Waals surface area contributed by atoms with Gasteiger partial charge in [-0.2, -0.15) is 0 Å². The Hall–Kier alpha value is -0.820. The van der Waals surface area contributed by atoms with Crippen molar-refractivity contribution < 1.29 is 0 Å². The minimum Gasteiger partial charge on any atom is -0.330 e. The molecule has 1 atom stereocenters. The molecule has 20 heavy (non-hydrogen) atoms. The van der Waals surface area contributed by atoms with Gasteiger partial charge < -0.3 is 5.73 Å². The van der Waals surface area contributed by atoms with E-state index in [1.54, 1.807) is 0 Å². The molecule has 0 radical (unpaired) electrons. The fourth-order valence-electron chi connectivity index (χ4n) is 2.22. The predicted molar refractivity (Wildman–Crippen MR) is 92.9 cm³/mol. The van der Waals surface area contributed by atoms with Gasteiger partial charge in [-0.15, -0.1) is 6.58 Å². The molecule has 0 aromatic carbocycles. The quantitative estimate of drug-likeness (QED) is 0.273. The van der Waals surface area contributed by atoms with Crippen molar-refractivity contribution in [1.29, 1.82) is 0 Å². The molecular weight excluding hydrogens is 242 g/mol. The Labute approximate surface area is 127 Å². The molecular formula is C19H35N. The van der Waals surface area contributed by atoms with Gasteiger partial charge in [-0.1, -0.05) is 49.1 Å². The maximum absolute atomic E-state index is 5.49. The second kappa shape index (κ2) is 13.2. The molecule has 116 valence electrons. The Bertz CT molecular complexity index is 299. The molecule has 0 saturated carbocycles. The largest absolute Gasteiger partial charge is 0.330 e. The van der Waals surface area contributed by atoms with Crippen LogP contribution < -0.4 is 5.73 Å². The maximum Gasteiger partial charge on any atom is -0.00773 e. The van der Waals surface area contributed by atoms with Gasteiger partial charge >= 0.3 is 0 Å². The Balaban J connectivity index is 3.72. The van der Waals surface area contributed by atoms with E-state index in [1.165, 1.54) is 56.1 Å². The zero-order valence-corrected chi connectivity index (χ0v) is 14.0. The summed E-state index contributed by atoms with van der Waals surface area (Å²) >= 11 is 0. The third kappa shape index (κ3) is 13.6. The molecule has 0 amide bonds. The molecule has 0 aromatic heterocycles. The normalized spacial score (nSPS) is 13.9. The van der Waals surface area contributed by atoms with E-state index in [1.807, 2.05) is 0 Å². The summed E-state index contributed by atoms with van der Waals surface area (Å²) in [5.41, 5.74) is 8.28. The highest BCUT2D eigenvalue weighted by molar-refractivity contribution is 5.11. The Kier molecular flexibility index (Phi) is 12.6. The number of allylic oxidation sites excluding steroid dienone is 5. The van der Waals surface area contributed by atoms with Crippen molar-refractivity contribution in [3.8, 4) is 0 Å². The third-order valence-corrected chi connectivity index (χ3v) is 3.61. The SMILES string of the molecule is C=C(C)CCCC(C)/C=C/C=C(/C)CCCCCCN. The summed E-state index contributed by atoms with van der Waals surface area (Å²) in [4.78, 5) is 0. The van der Waals surface area contributed by atoms with Gasteiger partial charge in [0.25, 0.3) is 0 Å². The highest BCUT2D eigenvalue weighted by Gasteiger charge is 1.96. The van der Waals surface area contributed by atoms with E-state index < -0.39 is 0 Å². The molecule has 0 heterocycles. The standard InChI is InChI=1S/C19H35N/c1-17(2)11-9-13-19(4)15-10-14-18(3)12-7-5-6-8-16-20/h10,14-15,19H,1,5-9,11-13,16,20H2,2-4H3/b15-10+,18-14-. The Morgan fingerprint density at radius 2 is 1.75 bits per heavy atom. The van der Waals surface area contributed by atoms with Crippen LogP contribution in [0.15, 0.2) is 36.0 Å². The number of unbranched alkanes of at least 4 members (excludes halogenated alkanes) is 3. The lowest BCUT2D eigenvalue weighted by atomic mass is 10.0. The van der Waals surface area contributed by atoms with E-state index in [2.05, 4.69) is 45.6 Å². The maximum atomic E-state index is 5.49. The van der Waals surface area contributed by atoms with Crippen molar-refractivity contribution in [1.82, 2.24) is 0 Å². The summed E-state index contributed by atoms with van der Waals surface area (Å²) < 4.78 is 0. The molecule has 0 aliphatic heterocycles. The first-order valence-corrected chi connectivity index (χ1v) is 8.24. The van der Waals surface area contributed by atoms with Crippen LogP contribution in [0, 0.1) is 5.92 Å². The lowest BCUT2D eigenvalue weighted by Crippen LogP contribution is -1.97. The zero-order valence-electron chi connectivity index (χ0n) is 14.0. The van der Waals surface area contributed by atoms with E-state index in [-0.39, 0.29) is 0 Å². The first-order chi connectivity index (χ1) is 9.56. The molecule has 0 aliphatic rings. The average Bonchev–Trinajstić information content (AvgIpc) is 2.38. The monoisotopic (exact) mass is 277 g/mol. The number of nitrogens with two attached hydrogens (primary N) is 1. The smallest absolute Gasteiger partial charge is 0.00773 e. The van der Waals surface area contributed by atoms with Crippen molar-refractivity contribution in [2.45, 2.75) is 72.1 Å². The van der Waals surface area contributed by atoms with Gasteiger partial charge in [0.2, 0.25) is 0 Å². The van der Waals surface area contributed by atoms with E-state index in [9.17, 15) is 0 Å². The summed E-state index contributed by atoms with van der Waals surface area (Å²) in [5, 5.41) is 0. The van der Waals surface area contributed by atoms with Gasteiger partial charge in [-0.25, -0.2) is 0 Å². The molecule has 0 aliphatic carbocycles. The molecule has 0 rings (SSSR count). The summed E-state index contributed by atoms with van der Waals surface area (Å²) in [7, 11) is 0. The molecule has 1 heteroatoms. The molecule has 1 nitrogen and oxygen atoms in total. The topological polar surface area (TPSA) is 26.0 Å². The van der Waals surface area contributed by atoms with Gasteiger partial charge in [0.15, 0.2) is 0 Å². The van der Waals surface area contributed by atoms with E-state index in [0.717, 1.165) is 13.0 Å². The van der Waals surface area contributed by atoms with Crippen molar-refractivity contribution in [3.63, 3.8) is 0 Å². The van der Waals surface area contributed by atoms with Crippen LogP contribution in [0.5, 0.6) is 0 Å². The Morgan fingerprint density at radius 3 is 2.40 bits per heavy atom. The highest BCUT2D eigenvalue weighted by atomic mass is 14.5. The molecule has 0 fully saturated rings. The van der Waals surface area contributed by atoms with Crippen LogP contribution in [0.1, 0.15) is 72.1 Å². The van der Waals surface area contributed by atoms with E-state index in [4.69, 9.17) is 5.73 Å². The zero-order chi connectivity index (χ0) is 15.2. The molecule has 2 N–H and O–H groups in total. The number of hydrogen-bond acceptors (Lipinski definition) is 1. The third-order valence-electron chi connectivity index (χ3n) is 3.61. The number of hydrogen-bond donors (Lipinski definition) is 1. The fraction of sp³-hybridized carbons (Fsp3) is 0.684. The molecule has 0 saturated heterocycles. The van der Waals surface area contributed by atoms with Gasteiger partial charge in [-0.05, 0) is 64.8 Å². The highest BCUT2D eigenvalue weighted by Crippen LogP contribution is 2.13. The first-order valence-electron chi connectivity index (χ1n) is 8.24. The molecule has 0 bridgehead atoms. The lowest BCUT2D eigenvalue weighted by molar-refractivity contribution is 0.605. The summed E-state index contributed by atoms with van der Waals surface area (Å²) in [6.45, 7) is 11.4. The van der Waals surface area contributed by atoms with Gasteiger partial charge in [-0.3, -0.25) is 0 Å². The van der Waals surface area contributed by atoms with Crippen LogP contribution in [-0.2, 0) is 0 Å². The van der Waals surface area contributed by atoms with Crippen LogP contribution in [0.3, 0.4) is 0 Å². The fourth-order valence-corrected chi connectivity index (χ4v) is 2.22. The van der Waals surface area contributed by atoms with Crippen molar-refractivity contribution in [2.24, 2.45) is 11.7 Å². The van der Waals surface area contributed by atoms with Crippen LogP contribution >= 0.6 is 0 Å². The number of rotatable bonds is 12. The van der Waals surface area contributed by atoms with Crippen molar-refractivity contribution in [3.05, 3.63) is 36.0 Å². The van der Waals surface area contributed by atoms with Crippen LogP contribution in [0.25, 0.3) is 0 Å². The van der Waals surface area contributed by atoms with Gasteiger partial charge in [0.1, 0.15) is 0 Å². The Morgan fingerprint density at radius 1 is 1.05 bits per heavy atom. The van der Waals surface area contributed by atoms with Crippen LogP contribution in [0.2, 0.25) is 0 Å².